The fraction of sp³-hybridized carbons (Fsp3) is 0.533. The summed E-state index contributed by atoms with van der Waals surface area (Å²) in [5, 5.41) is 2.32. The number of H-pyrrole nitrogens is 1. The Hall–Kier alpha value is -2.03. The van der Waals surface area contributed by atoms with Crippen LogP contribution in [0.2, 0.25) is 5.02 Å². The molecular formula is C15H18ClF3N3O3+. The van der Waals surface area contributed by atoms with E-state index >= 15 is 0 Å². The van der Waals surface area contributed by atoms with Crippen molar-refractivity contribution in [2.24, 2.45) is 5.92 Å². The maximum atomic E-state index is 12.7. The van der Waals surface area contributed by atoms with Crippen LogP contribution in [0.1, 0.15) is 18.4 Å². The molecule has 25 heavy (non-hydrogen) atoms. The molecule has 1 aliphatic rings. The Labute approximate surface area is 147 Å². The average Bonchev–Trinajstić information content (AvgIpc) is 2.58. The number of carbonyl (C=O) groups excluding carboxylic acids is 2. The summed E-state index contributed by atoms with van der Waals surface area (Å²) in [7, 11) is 1.44. The fourth-order valence-corrected chi connectivity index (χ4v) is 2.82. The lowest BCUT2D eigenvalue weighted by Crippen LogP contribution is -2.40. The third-order valence-corrected chi connectivity index (χ3v) is 4.26. The quantitative estimate of drug-likeness (QED) is 0.807. The SMILES string of the molecule is CNC(=O)COC(=O)C1CCN(c2[nH+]cc(C(F)(F)F)cc2Cl)CC1. The zero-order chi connectivity index (χ0) is 18.6. The minimum Gasteiger partial charge on any atom is -0.455 e. The molecule has 1 aromatic rings. The van der Waals surface area contributed by atoms with E-state index in [1.807, 2.05) is 0 Å². The summed E-state index contributed by atoms with van der Waals surface area (Å²) in [5.41, 5.74) is -0.853. The second kappa shape index (κ2) is 7.90. The van der Waals surface area contributed by atoms with Crippen LogP contribution in [0.5, 0.6) is 0 Å². The standard InChI is InChI=1S/C15H17ClF3N3O3/c1-20-12(23)8-25-14(24)9-2-4-22(5-3-9)13-11(16)6-10(7-21-13)15(17,18)19/h6-7,9H,2-5,8H2,1H3,(H,20,23)/p+1. The van der Waals surface area contributed by atoms with Gasteiger partial charge in [0.2, 0.25) is 0 Å². The Morgan fingerprint density at radius 1 is 1.40 bits per heavy atom. The zero-order valence-electron chi connectivity index (χ0n) is 13.5. The molecule has 10 heteroatoms. The highest BCUT2D eigenvalue weighted by Crippen LogP contribution is 2.33. The van der Waals surface area contributed by atoms with Crippen molar-refractivity contribution in [3.8, 4) is 0 Å². The minimum atomic E-state index is -4.47. The molecule has 6 nitrogen and oxygen atoms in total. The summed E-state index contributed by atoms with van der Waals surface area (Å²) < 4.78 is 42.9. The molecule has 0 bridgehead atoms. The van der Waals surface area contributed by atoms with Crippen LogP contribution in [0.4, 0.5) is 19.0 Å². The van der Waals surface area contributed by atoms with Gasteiger partial charge in [0.15, 0.2) is 6.61 Å². The first kappa shape index (κ1) is 19.3. The number of aromatic amines is 1. The number of halogens is 4. The first-order valence-electron chi connectivity index (χ1n) is 7.63. The second-order valence-electron chi connectivity index (χ2n) is 5.62. The van der Waals surface area contributed by atoms with Crippen LogP contribution in [0.3, 0.4) is 0 Å². The maximum absolute atomic E-state index is 12.7. The molecule has 0 aliphatic carbocycles. The number of hydrogen-bond acceptors (Lipinski definition) is 4. The number of pyridine rings is 1. The van der Waals surface area contributed by atoms with Crippen LogP contribution in [-0.2, 0) is 20.5 Å². The number of rotatable bonds is 4. The van der Waals surface area contributed by atoms with Crippen molar-refractivity contribution in [2.75, 3.05) is 31.6 Å². The van der Waals surface area contributed by atoms with Crippen LogP contribution < -0.4 is 15.2 Å². The van der Waals surface area contributed by atoms with Crippen molar-refractivity contribution in [1.82, 2.24) is 5.32 Å². The molecule has 0 unspecified atom stereocenters. The number of carbonyl (C=O) groups is 2. The fourth-order valence-electron chi connectivity index (χ4n) is 2.53. The number of amides is 1. The topological polar surface area (TPSA) is 72.8 Å². The first-order chi connectivity index (χ1) is 11.7. The van der Waals surface area contributed by atoms with Gasteiger partial charge in [-0.3, -0.25) is 14.5 Å². The van der Waals surface area contributed by atoms with E-state index in [1.165, 1.54) is 7.05 Å². The lowest BCUT2D eigenvalue weighted by Gasteiger charge is -2.26. The largest absolute Gasteiger partial charge is 0.455 e. The van der Waals surface area contributed by atoms with Crippen molar-refractivity contribution >= 4 is 29.3 Å². The number of anilines is 1. The Bertz CT molecular complexity index is 647. The normalized spacial score (nSPS) is 15.8. The molecule has 1 amide bonds. The smallest absolute Gasteiger partial charge is 0.419 e. The predicted octanol–water partition coefficient (Wildman–Crippen LogP) is 1.68. The van der Waals surface area contributed by atoms with E-state index in [2.05, 4.69) is 10.3 Å². The van der Waals surface area contributed by atoms with Gasteiger partial charge in [0.25, 0.3) is 11.7 Å². The average molecular weight is 381 g/mol. The van der Waals surface area contributed by atoms with E-state index in [0.29, 0.717) is 31.7 Å². The summed E-state index contributed by atoms with van der Waals surface area (Å²) in [6.07, 6.45) is -2.69. The Morgan fingerprint density at radius 2 is 2.04 bits per heavy atom. The van der Waals surface area contributed by atoms with Crippen LogP contribution >= 0.6 is 11.6 Å². The molecule has 0 radical (unpaired) electrons. The number of nitrogens with zero attached hydrogens (tertiary/aromatic N) is 1. The third-order valence-electron chi connectivity index (χ3n) is 3.97. The highest BCUT2D eigenvalue weighted by atomic mass is 35.5. The number of nitrogens with one attached hydrogen (secondary N) is 2. The molecule has 0 atom stereocenters. The van der Waals surface area contributed by atoms with Crippen LogP contribution in [0.25, 0.3) is 0 Å². The van der Waals surface area contributed by atoms with Crippen LogP contribution in [-0.4, -0.2) is 38.6 Å². The van der Waals surface area contributed by atoms with E-state index in [1.54, 1.807) is 4.90 Å². The molecule has 0 spiro atoms. The highest BCUT2D eigenvalue weighted by Gasteiger charge is 2.35. The molecule has 0 aromatic carbocycles. The van der Waals surface area contributed by atoms with Gasteiger partial charge >= 0.3 is 12.1 Å². The molecule has 1 aromatic heterocycles. The molecule has 2 rings (SSSR count). The molecule has 138 valence electrons. The highest BCUT2D eigenvalue weighted by molar-refractivity contribution is 6.32. The Morgan fingerprint density at radius 3 is 2.56 bits per heavy atom. The summed E-state index contributed by atoms with van der Waals surface area (Å²) in [6.45, 7) is 0.538. The molecule has 2 N–H and O–H groups in total. The number of hydrogen-bond donors (Lipinski definition) is 1. The number of esters is 1. The van der Waals surface area contributed by atoms with Gasteiger partial charge in [0.05, 0.1) is 24.6 Å². The van der Waals surface area contributed by atoms with Gasteiger partial charge in [-0.15, -0.1) is 0 Å². The van der Waals surface area contributed by atoms with E-state index in [9.17, 15) is 22.8 Å². The monoisotopic (exact) mass is 380 g/mol. The van der Waals surface area contributed by atoms with Crippen molar-refractivity contribution in [1.29, 1.82) is 0 Å². The van der Waals surface area contributed by atoms with E-state index < -0.39 is 23.6 Å². The van der Waals surface area contributed by atoms with Crippen molar-refractivity contribution in [3.05, 3.63) is 22.8 Å². The van der Waals surface area contributed by atoms with Crippen molar-refractivity contribution in [3.63, 3.8) is 0 Å². The number of aromatic nitrogens is 1. The molecule has 0 saturated carbocycles. The van der Waals surface area contributed by atoms with Gasteiger partial charge in [-0.2, -0.15) is 13.2 Å². The van der Waals surface area contributed by atoms with Crippen LogP contribution in [0.15, 0.2) is 12.3 Å². The second-order valence-corrected chi connectivity index (χ2v) is 6.03. The lowest BCUT2D eigenvalue weighted by atomic mass is 9.97. The molecular weight excluding hydrogens is 363 g/mol. The Balaban J connectivity index is 1.94. The molecule has 1 aliphatic heterocycles. The predicted molar refractivity (Wildman–Crippen MR) is 83.0 cm³/mol. The number of ether oxygens (including phenoxy) is 1. The van der Waals surface area contributed by atoms with E-state index in [4.69, 9.17) is 16.3 Å². The molecule has 1 saturated heterocycles. The number of likely N-dealkylation sites (N-methyl/N-ethyl adjacent to an activating group) is 1. The summed E-state index contributed by atoms with van der Waals surface area (Å²) in [6, 6.07) is 0.872. The number of piperidine rings is 1. The molecule has 1 fully saturated rings. The summed E-state index contributed by atoms with van der Waals surface area (Å²) >= 11 is 5.96. The maximum Gasteiger partial charge on any atom is 0.419 e. The van der Waals surface area contributed by atoms with Crippen molar-refractivity contribution in [2.45, 2.75) is 19.0 Å². The van der Waals surface area contributed by atoms with Gasteiger partial charge in [-0.25, -0.2) is 4.98 Å². The third kappa shape index (κ3) is 4.97. The minimum absolute atomic E-state index is 0.0320. The summed E-state index contributed by atoms with van der Waals surface area (Å²) in [5.74, 6) is -0.816. The first-order valence-corrected chi connectivity index (χ1v) is 8.00. The van der Waals surface area contributed by atoms with Crippen molar-refractivity contribution < 1.29 is 32.5 Å². The van der Waals surface area contributed by atoms with Crippen LogP contribution in [0, 0.1) is 5.92 Å². The van der Waals surface area contributed by atoms with Gasteiger partial charge < -0.3 is 10.1 Å². The Kier molecular flexibility index (Phi) is 6.10. The zero-order valence-corrected chi connectivity index (χ0v) is 14.2. The van der Waals surface area contributed by atoms with Gasteiger partial charge in [-0.1, -0.05) is 11.6 Å². The van der Waals surface area contributed by atoms with E-state index in [0.717, 1.165) is 12.3 Å². The number of alkyl halides is 3. The van der Waals surface area contributed by atoms with Gasteiger partial charge in [0, 0.05) is 7.05 Å². The molecule has 2 heterocycles. The van der Waals surface area contributed by atoms with E-state index in [-0.39, 0.29) is 17.5 Å². The van der Waals surface area contributed by atoms with Gasteiger partial charge in [0.1, 0.15) is 11.2 Å². The van der Waals surface area contributed by atoms with Gasteiger partial charge in [-0.05, 0) is 18.9 Å². The lowest BCUT2D eigenvalue weighted by molar-refractivity contribution is -0.367. The summed E-state index contributed by atoms with van der Waals surface area (Å²) in [4.78, 5) is 27.3.